The zero-order chi connectivity index (χ0) is 18.1. The first-order chi connectivity index (χ1) is 12.6. The number of carbonyl (C=O) groups is 1. The fourth-order valence-corrected chi connectivity index (χ4v) is 3.33. The van der Waals surface area contributed by atoms with Crippen LogP contribution in [-0.2, 0) is 0 Å². The average molecular weight is 351 g/mol. The number of aliphatic hydroxyl groups is 1. The van der Waals surface area contributed by atoms with Crippen molar-refractivity contribution in [1.82, 2.24) is 15.3 Å². The molecule has 0 bridgehead atoms. The number of benzene rings is 2. The molecule has 0 saturated heterocycles. The highest BCUT2D eigenvalue weighted by Crippen LogP contribution is 2.38. The molecule has 4 rings (SSSR count). The quantitative estimate of drug-likeness (QED) is 0.758. The summed E-state index contributed by atoms with van der Waals surface area (Å²) in [7, 11) is 0. The largest absolute Gasteiger partial charge is 0.393 e. The number of nitrogens with one attached hydrogen (secondary N) is 1. The Morgan fingerprint density at radius 3 is 2.50 bits per heavy atom. The van der Waals surface area contributed by atoms with Gasteiger partial charge in [-0.1, -0.05) is 24.3 Å². The second-order valence-corrected chi connectivity index (χ2v) is 6.63. The SMILES string of the molecule is O=C(NC(c1ccc(F)cc1)C1CC(O)C1)c1cnc2ccccc2n1. The summed E-state index contributed by atoms with van der Waals surface area (Å²) >= 11 is 0. The lowest BCUT2D eigenvalue weighted by Crippen LogP contribution is -2.41. The van der Waals surface area contributed by atoms with Gasteiger partial charge in [0.15, 0.2) is 0 Å². The molecule has 1 atom stereocenters. The Balaban J connectivity index is 1.59. The van der Waals surface area contributed by atoms with E-state index in [2.05, 4.69) is 15.3 Å². The predicted molar refractivity (Wildman–Crippen MR) is 94.9 cm³/mol. The zero-order valence-corrected chi connectivity index (χ0v) is 14.0. The van der Waals surface area contributed by atoms with Crippen molar-refractivity contribution in [3.63, 3.8) is 0 Å². The maximum absolute atomic E-state index is 13.2. The molecule has 3 aromatic rings. The van der Waals surface area contributed by atoms with Crippen LogP contribution in [0.3, 0.4) is 0 Å². The van der Waals surface area contributed by atoms with Crippen LogP contribution in [0.2, 0.25) is 0 Å². The second-order valence-electron chi connectivity index (χ2n) is 6.63. The highest BCUT2D eigenvalue weighted by molar-refractivity contribution is 5.94. The van der Waals surface area contributed by atoms with Gasteiger partial charge in [0, 0.05) is 0 Å². The lowest BCUT2D eigenvalue weighted by Gasteiger charge is -2.38. The summed E-state index contributed by atoms with van der Waals surface area (Å²) in [5.74, 6) is -0.556. The van der Waals surface area contributed by atoms with Crippen molar-refractivity contribution in [2.24, 2.45) is 5.92 Å². The molecule has 0 spiro atoms. The standard InChI is InChI=1S/C20H18FN3O2/c21-14-7-5-12(6-8-14)19(13-9-15(25)10-13)24-20(26)18-11-22-16-3-1-2-4-17(16)23-18/h1-8,11,13,15,19,25H,9-10H2,(H,24,26). The third kappa shape index (κ3) is 3.28. The summed E-state index contributed by atoms with van der Waals surface area (Å²) in [6.07, 6.45) is 2.31. The Morgan fingerprint density at radius 1 is 1.12 bits per heavy atom. The molecule has 1 heterocycles. The van der Waals surface area contributed by atoms with Crippen LogP contribution in [0.25, 0.3) is 11.0 Å². The fourth-order valence-electron chi connectivity index (χ4n) is 3.33. The minimum atomic E-state index is -0.347. The van der Waals surface area contributed by atoms with Crippen LogP contribution in [0.4, 0.5) is 4.39 Å². The van der Waals surface area contributed by atoms with Gasteiger partial charge >= 0.3 is 0 Å². The number of fused-ring (bicyclic) bond motifs is 1. The number of aromatic nitrogens is 2. The van der Waals surface area contributed by atoms with Crippen LogP contribution in [-0.4, -0.2) is 27.1 Å². The number of hydrogen-bond acceptors (Lipinski definition) is 4. The van der Waals surface area contributed by atoms with E-state index in [-0.39, 0.29) is 35.5 Å². The Hall–Kier alpha value is -2.86. The topological polar surface area (TPSA) is 75.1 Å². The van der Waals surface area contributed by atoms with Gasteiger partial charge in [-0.2, -0.15) is 0 Å². The van der Waals surface area contributed by atoms with Gasteiger partial charge in [0.2, 0.25) is 0 Å². The van der Waals surface area contributed by atoms with Gasteiger partial charge in [0.1, 0.15) is 11.5 Å². The number of aliphatic hydroxyl groups excluding tert-OH is 1. The third-order valence-corrected chi connectivity index (χ3v) is 4.82. The first kappa shape index (κ1) is 16.6. The smallest absolute Gasteiger partial charge is 0.271 e. The van der Waals surface area contributed by atoms with Crippen LogP contribution in [0.5, 0.6) is 0 Å². The summed E-state index contributed by atoms with van der Waals surface area (Å²) in [5, 5.41) is 12.6. The van der Waals surface area contributed by atoms with Crippen molar-refractivity contribution >= 4 is 16.9 Å². The zero-order valence-electron chi connectivity index (χ0n) is 14.0. The van der Waals surface area contributed by atoms with E-state index < -0.39 is 0 Å². The summed E-state index contributed by atoms with van der Waals surface area (Å²) in [6.45, 7) is 0. The molecule has 1 aliphatic rings. The molecule has 1 aliphatic carbocycles. The third-order valence-electron chi connectivity index (χ3n) is 4.82. The molecule has 132 valence electrons. The van der Waals surface area contributed by atoms with E-state index in [0.717, 1.165) is 11.1 Å². The summed E-state index contributed by atoms with van der Waals surface area (Å²) < 4.78 is 13.2. The van der Waals surface area contributed by atoms with Crippen molar-refractivity contribution in [3.05, 3.63) is 71.8 Å². The van der Waals surface area contributed by atoms with E-state index in [9.17, 15) is 14.3 Å². The minimum absolute atomic E-state index is 0.104. The van der Waals surface area contributed by atoms with Gasteiger partial charge in [-0.15, -0.1) is 0 Å². The summed E-state index contributed by atoms with van der Waals surface area (Å²) in [4.78, 5) is 21.4. The van der Waals surface area contributed by atoms with Gasteiger partial charge in [-0.3, -0.25) is 9.78 Å². The van der Waals surface area contributed by atoms with Crippen molar-refractivity contribution in [3.8, 4) is 0 Å². The van der Waals surface area contributed by atoms with Gasteiger partial charge in [0.05, 0.1) is 29.4 Å². The molecule has 5 nitrogen and oxygen atoms in total. The number of carbonyl (C=O) groups excluding carboxylic acids is 1. The van der Waals surface area contributed by atoms with Gasteiger partial charge in [-0.25, -0.2) is 9.37 Å². The molecular weight excluding hydrogens is 333 g/mol. The lowest BCUT2D eigenvalue weighted by atomic mass is 9.75. The molecular formula is C20H18FN3O2. The highest BCUT2D eigenvalue weighted by atomic mass is 19.1. The number of hydrogen-bond donors (Lipinski definition) is 2. The van der Waals surface area contributed by atoms with Crippen LogP contribution >= 0.6 is 0 Å². The van der Waals surface area contributed by atoms with E-state index in [1.807, 2.05) is 18.2 Å². The number of nitrogens with zero attached hydrogens (tertiary/aromatic N) is 2. The van der Waals surface area contributed by atoms with Crippen molar-refractivity contribution in [1.29, 1.82) is 0 Å². The molecule has 1 aromatic heterocycles. The molecule has 26 heavy (non-hydrogen) atoms. The van der Waals surface area contributed by atoms with Crippen LogP contribution in [0, 0.1) is 11.7 Å². The van der Waals surface area contributed by atoms with Crippen LogP contribution < -0.4 is 5.32 Å². The first-order valence-electron chi connectivity index (χ1n) is 8.56. The average Bonchev–Trinajstić information content (AvgIpc) is 2.64. The normalized spacial score (nSPS) is 20.4. The molecule has 2 aromatic carbocycles. The highest BCUT2D eigenvalue weighted by Gasteiger charge is 2.36. The van der Waals surface area contributed by atoms with Crippen molar-refractivity contribution < 1.29 is 14.3 Å². The number of rotatable bonds is 4. The van der Waals surface area contributed by atoms with Crippen LogP contribution in [0.1, 0.15) is 34.9 Å². The van der Waals surface area contributed by atoms with Gasteiger partial charge in [-0.05, 0) is 48.6 Å². The van der Waals surface area contributed by atoms with E-state index in [1.54, 1.807) is 18.2 Å². The predicted octanol–water partition coefficient (Wildman–Crippen LogP) is 3.01. The second kappa shape index (κ2) is 6.80. The van der Waals surface area contributed by atoms with E-state index in [0.29, 0.717) is 18.4 Å². The maximum atomic E-state index is 13.2. The minimum Gasteiger partial charge on any atom is -0.393 e. The first-order valence-corrected chi connectivity index (χ1v) is 8.56. The molecule has 6 heteroatoms. The molecule has 1 unspecified atom stereocenters. The van der Waals surface area contributed by atoms with Crippen molar-refractivity contribution in [2.45, 2.75) is 25.0 Å². The van der Waals surface area contributed by atoms with Crippen LogP contribution in [0.15, 0.2) is 54.7 Å². The molecule has 1 fully saturated rings. The monoisotopic (exact) mass is 351 g/mol. The number of halogens is 1. The fraction of sp³-hybridized carbons (Fsp3) is 0.250. The Morgan fingerprint density at radius 2 is 1.81 bits per heavy atom. The molecule has 1 amide bonds. The summed E-state index contributed by atoms with van der Waals surface area (Å²) in [6, 6.07) is 13.1. The maximum Gasteiger partial charge on any atom is 0.271 e. The van der Waals surface area contributed by atoms with E-state index in [1.165, 1.54) is 18.3 Å². The number of para-hydroxylation sites is 2. The van der Waals surface area contributed by atoms with E-state index >= 15 is 0 Å². The molecule has 1 saturated carbocycles. The Labute approximate surface area is 149 Å². The van der Waals surface area contributed by atoms with Gasteiger partial charge in [0.25, 0.3) is 5.91 Å². The molecule has 0 radical (unpaired) electrons. The lowest BCUT2D eigenvalue weighted by molar-refractivity contribution is 0.0234. The Bertz CT molecular complexity index is 939. The molecule has 0 aliphatic heterocycles. The number of amides is 1. The van der Waals surface area contributed by atoms with Gasteiger partial charge < -0.3 is 10.4 Å². The Kier molecular flexibility index (Phi) is 4.34. The summed E-state index contributed by atoms with van der Waals surface area (Å²) in [5.41, 5.74) is 2.42. The van der Waals surface area contributed by atoms with E-state index in [4.69, 9.17) is 0 Å². The van der Waals surface area contributed by atoms with Crippen molar-refractivity contribution in [2.75, 3.05) is 0 Å². The molecule has 2 N–H and O–H groups in total.